The first-order valence-electron chi connectivity index (χ1n) is 22.1. The zero-order valence-electron chi connectivity index (χ0n) is 36.4. The van der Waals surface area contributed by atoms with Gasteiger partial charge in [0, 0.05) is 38.9 Å². The molecule has 0 saturated carbocycles. The number of unbranched alkanes of at least 4 members (excludes halogenated alkanes) is 20. The average Bonchev–Trinajstić information content (AvgIpc) is 3.19. The fourth-order valence-corrected chi connectivity index (χ4v) is 6.71. The normalized spacial score (nSPS) is 13.2. The SMILES string of the molecule is CCCCCCCCCCCCCC(=O)OC[C@H](COP(=O)([O-])OCC(COC(=O)CCCO)OC(=O)CCCO)OC(=O)CCCCCCCCCCCCC.[Na+]. The molecule has 0 fully saturated rings. The first-order chi connectivity index (χ1) is 27.6. The maximum Gasteiger partial charge on any atom is 1.00 e. The maximum atomic E-state index is 12.7. The molecule has 336 valence electrons. The van der Waals surface area contributed by atoms with Crippen LogP contribution in [0.25, 0.3) is 0 Å². The molecule has 0 bridgehead atoms. The Kier molecular flexibility index (Phi) is 43.3. The molecule has 0 heterocycles. The van der Waals surface area contributed by atoms with Gasteiger partial charge in [-0.2, -0.15) is 0 Å². The zero-order chi connectivity index (χ0) is 42.2. The van der Waals surface area contributed by atoms with Crippen LogP contribution in [0.15, 0.2) is 0 Å². The molecule has 14 nitrogen and oxygen atoms in total. The third kappa shape index (κ3) is 40.3. The van der Waals surface area contributed by atoms with Crippen molar-refractivity contribution in [3.63, 3.8) is 0 Å². The fraction of sp³-hybridized carbons (Fsp3) is 0.905. The summed E-state index contributed by atoms with van der Waals surface area (Å²) in [6, 6.07) is 0. The number of carbonyl (C=O) groups excluding carboxylic acids is 4. The van der Waals surface area contributed by atoms with E-state index in [1.165, 1.54) is 89.9 Å². The van der Waals surface area contributed by atoms with Crippen molar-refractivity contribution in [2.75, 3.05) is 39.6 Å². The monoisotopic (exact) mass is 861 g/mol. The molecule has 2 unspecified atom stereocenters. The molecule has 0 aliphatic carbocycles. The van der Waals surface area contributed by atoms with Gasteiger partial charge in [0.05, 0.1) is 13.2 Å². The van der Waals surface area contributed by atoms with E-state index < -0.39 is 70.3 Å². The molecule has 0 amide bonds. The van der Waals surface area contributed by atoms with Crippen molar-refractivity contribution in [2.45, 2.75) is 206 Å². The summed E-state index contributed by atoms with van der Waals surface area (Å²) in [5.74, 6) is -2.53. The van der Waals surface area contributed by atoms with Crippen LogP contribution in [0.5, 0.6) is 0 Å². The van der Waals surface area contributed by atoms with Gasteiger partial charge >= 0.3 is 53.4 Å². The molecule has 0 saturated heterocycles. The van der Waals surface area contributed by atoms with Gasteiger partial charge < -0.3 is 43.1 Å². The van der Waals surface area contributed by atoms with Crippen molar-refractivity contribution in [1.82, 2.24) is 0 Å². The average molecular weight is 861 g/mol. The van der Waals surface area contributed by atoms with E-state index in [9.17, 15) is 28.6 Å². The molecule has 16 heteroatoms. The van der Waals surface area contributed by atoms with Crippen LogP contribution in [0.4, 0.5) is 0 Å². The first kappa shape index (κ1) is 59.0. The van der Waals surface area contributed by atoms with Crippen molar-refractivity contribution >= 4 is 31.7 Å². The van der Waals surface area contributed by atoms with Crippen LogP contribution >= 0.6 is 7.82 Å². The molecule has 0 aromatic rings. The van der Waals surface area contributed by atoms with Crippen LogP contribution in [0, 0.1) is 0 Å². The Hall–Kier alpha value is -1.09. The molecule has 0 aliphatic heterocycles. The van der Waals surface area contributed by atoms with Crippen LogP contribution < -0.4 is 34.5 Å². The van der Waals surface area contributed by atoms with Crippen molar-refractivity contribution < 1.29 is 96.4 Å². The van der Waals surface area contributed by atoms with Crippen LogP contribution in [-0.4, -0.2) is 85.9 Å². The Morgan fingerprint density at radius 3 is 1.05 bits per heavy atom. The number of carbonyl (C=O) groups is 4. The largest absolute Gasteiger partial charge is 1.00 e. The summed E-state index contributed by atoms with van der Waals surface area (Å²) in [5.41, 5.74) is 0. The Morgan fingerprint density at radius 2 is 0.724 bits per heavy atom. The molecule has 0 radical (unpaired) electrons. The van der Waals surface area contributed by atoms with E-state index in [0.29, 0.717) is 12.8 Å². The Labute approximate surface area is 371 Å². The summed E-state index contributed by atoms with van der Waals surface area (Å²) < 4.78 is 43.7. The number of phosphoric acid groups is 1. The molecular formula is C42H78NaO14P. The molecule has 0 aromatic heterocycles. The summed E-state index contributed by atoms with van der Waals surface area (Å²) in [6.07, 6.45) is 22.5. The molecule has 0 aliphatic rings. The van der Waals surface area contributed by atoms with E-state index in [1.54, 1.807) is 0 Å². The van der Waals surface area contributed by atoms with E-state index in [0.717, 1.165) is 38.5 Å². The van der Waals surface area contributed by atoms with Gasteiger partial charge in [0.25, 0.3) is 7.82 Å². The Morgan fingerprint density at radius 1 is 0.448 bits per heavy atom. The van der Waals surface area contributed by atoms with E-state index in [-0.39, 0.29) is 81.3 Å². The predicted molar refractivity (Wildman–Crippen MR) is 216 cm³/mol. The molecule has 3 atom stereocenters. The number of esters is 4. The van der Waals surface area contributed by atoms with Gasteiger partial charge in [-0.3, -0.25) is 23.7 Å². The predicted octanol–water partition coefficient (Wildman–Crippen LogP) is 5.35. The molecule has 2 N–H and O–H groups in total. The zero-order valence-corrected chi connectivity index (χ0v) is 39.3. The van der Waals surface area contributed by atoms with E-state index in [4.69, 9.17) is 38.2 Å². The van der Waals surface area contributed by atoms with E-state index in [1.807, 2.05) is 0 Å². The summed E-state index contributed by atoms with van der Waals surface area (Å²) in [4.78, 5) is 62.0. The second kappa shape index (κ2) is 42.6. The van der Waals surface area contributed by atoms with Crippen molar-refractivity contribution in [2.24, 2.45) is 0 Å². The van der Waals surface area contributed by atoms with Gasteiger partial charge in [-0.25, -0.2) is 0 Å². The number of ether oxygens (including phenoxy) is 4. The standard InChI is InChI=1S/C42H79O14P.Na/c1-3-5-7-9-11-13-15-17-19-21-23-27-39(45)51-33-37(55-41(47)28-24-22-20-18-16-14-12-10-8-6-4-2)35-53-57(49,50)54-36-38(56-42(48)30-26-32-44)34-52-40(46)29-25-31-43;/h37-38,43-44H,3-36H2,1-2H3,(H,49,50);/q;+1/p-1/t37-,38?;/m1./s1. The smallest absolute Gasteiger partial charge is 0.756 e. The summed E-state index contributed by atoms with van der Waals surface area (Å²) in [5, 5.41) is 17.9. The first-order valence-corrected chi connectivity index (χ1v) is 23.5. The Balaban J connectivity index is 0. The molecule has 0 spiro atoms. The van der Waals surface area contributed by atoms with Crippen LogP contribution in [0.1, 0.15) is 194 Å². The minimum absolute atomic E-state index is 0. The second-order valence-corrected chi connectivity index (χ2v) is 16.3. The van der Waals surface area contributed by atoms with E-state index in [2.05, 4.69) is 13.8 Å². The molecule has 58 heavy (non-hydrogen) atoms. The van der Waals surface area contributed by atoms with Crippen LogP contribution in [-0.2, 0) is 51.7 Å². The number of aliphatic hydroxyl groups excluding tert-OH is 2. The summed E-state index contributed by atoms with van der Waals surface area (Å²) in [6.45, 7) is 1.54. The van der Waals surface area contributed by atoms with Gasteiger partial charge in [0.2, 0.25) is 0 Å². The van der Waals surface area contributed by atoms with Gasteiger partial charge in [0.1, 0.15) is 13.2 Å². The van der Waals surface area contributed by atoms with E-state index >= 15 is 0 Å². The minimum Gasteiger partial charge on any atom is -0.756 e. The maximum absolute atomic E-state index is 12.7. The number of phosphoric ester groups is 1. The quantitative estimate of drug-likeness (QED) is 0.0261. The Bertz CT molecular complexity index is 1050. The number of hydrogen-bond donors (Lipinski definition) is 2. The van der Waals surface area contributed by atoms with Crippen LogP contribution in [0.2, 0.25) is 0 Å². The molecular weight excluding hydrogens is 782 g/mol. The second-order valence-electron chi connectivity index (χ2n) is 14.9. The van der Waals surface area contributed by atoms with Crippen LogP contribution in [0.3, 0.4) is 0 Å². The van der Waals surface area contributed by atoms with Crippen molar-refractivity contribution in [3.8, 4) is 0 Å². The van der Waals surface area contributed by atoms with Gasteiger partial charge in [-0.15, -0.1) is 0 Å². The third-order valence-electron chi connectivity index (χ3n) is 9.34. The van der Waals surface area contributed by atoms with Crippen molar-refractivity contribution in [3.05, 3.63) is 0 Å². The van der Waals surface area contributed by atoms with Gasteiger partial charge in [-0.1, -0.05) is 142 Å². The van der Waals surface area contributed by atoms with Crippen molar-refractivity contribution in [1.29, 1.82) is 0 Å². The third-order valence-corrected chi connectivity index (χ3v) is 10.3. The molecule has 0 rings (SSSR count). The number of aliphatic hydroxyl groups is 2. The molecule has 0 aromatic carbocycles. The summed E-state index contributed by atoms with van der Waals surface area (Å²) >= 11 is 0. The van der Waals surface area contributed by atoms with Gasteiger partial charge in [0.15, 0.2) is 12.2 Å². The van der Waals surface area contributed by atoms with Gasteiger partial charge in [-0.05, 0) is 25.7 Å². The fourth-order valence-electron chi connectivity index (χ4n) is 5.94. The minimum atomic E-state index is -5.10. The number of rotatable bonds is 42. The topological polar surface area (TPSA) is 204 Å². The summed E-state index contributed by atoms with van der Waals surface area (Å²) in [7, 11) is -5.10. The number of hydrogen-bond acceptors (Lipinski definition) is 14.